The third kappa shape index (κ3) is 2.93. The molecule has 1 saturated carbocycles. The molecule has 1 aliphatic carbocycles. The molecule has 0 bridgehead atoms. The highest BCUT2D eigenvalue weighted by Gasteiger charge is 2.59. The zero-order valence-corrected chi connectivity index (χ0v) is 17.4. The van der Waals surface area contributed by atoms with Crippen molar-refractivity contribution in [2.24, 2.45) is 5.41 Å². The summed E-state index contributed by atoms with van der Waals surface area (Å²) < 4.78 is 14.7. The molecule has 2 aliphatic rings. The van der Waals surface area contributed by atoms with Crippen molar-refractivity contribution in [3.8, 4) is 11.1 Å². The van der Waals surface area contributed by atoms with E-state index >= 15 is 0 Å². The van der Waals surface area contributed by atoms with E-state index in [0.29, 0.717) is 40.6 Å². The predicted molar refractivity (Wildman–Crippen MR) is 115 cm³/mol. The molecule has 0 spiro atoms. The number of anilines is 1. The maximum atomic E-state index is 14.7. The van der Waals surface area contributed by atoms with Crippen molar-refractivity contribution >= 4 is 45.9 Å². The molecule has 1 saturated heterocycles. The number of benzene rings is 2. The van der Waals surface area contributed by atoms with Gasteiger partial charge in [0.2, 0.25) is 0 Å². The number of carboxylic acids is 1. The SMILES string of the molecule is O=C(O)C1([C@@H]2CCCN2c2ncnc3c(F)ccc(-c4ccc(Cl)c(Cl)c4)c23)CC1. The second-order valence-corrected chi connectivity index (χ2v) is 8.77. The summed E-state index contributed by atoms with van der Waals surface area (Å²) in [6, 6.07) is 8.13. The van der Waals surface area contributed by atoms with E-state index in [9.17, 15) is 14.3 Å². The van der Waals surface area contributed by atoms with E-state index in [2.05, 4.69) is 9.97 Å². The highest BCUT2D eigenvalue weighted by atomic mass is 35.5. The zero-order valence-electron chi connectivity index (χ0n) is 15.9. The molecule has 154 valence electrons. The van der Waals surface area contributed by atoms with E-state index in [-0.39, 0.29) is 11.6 Å². The van der Waals surface area contributed by atoms with Gasteiger partial charge in [-0.2, -0.15) is 0 Å². The van der Waals surface area contributed by atoms with Crippen LogP contribution in [0.5, 0.6) is 0 Å². The quantitative estimate of drug-likeness (QED) is 0.567. The van der Waals surface area contributed by atoms with Crippen LogP contribution in [0.25, 0.3) is 22.0 Å². The van der Waals surface area contributed by atoms with Gasteiger partial charge in [-0.3, -0.25) is 4.79 Å². The third-order valence-corrected chi connectivity index (χ3v) is 7.07. The number of fused-ring (bicyclic) bond motifs is 1. The number of hydrogen-bond donors (Lipinski definition) is 1. The number of carbonyl (C=O) groups is 1. The van der Waals surface area contributed by atoms with E-state index < -0.39 is 17.2 Å². The molecule has 2 fully saturated rings. The molecule has 0 unspecified atom stereocenters. The fraction of sp³-hybridized carbons (Fsp3) is 0.318. The Labute approximate surface area is 182 Å². The van der Waals surface area contributed by atoms with Crippen molar-refractivity contribution in [2.75, 3.05) is 11.4 Å². The molecular formula is C22H18Cl2FN3O2. The lowest BCUT2D eigenvalue weighted by atomic mass is 9.93. The van der Waals surface area contributed by atoms with E-state index in [1.165, 1.54) is 12.4 Å². The van der Waals surface area contributed by atoms with Crippen molar-refractivity contribution in [1.29, 1.82) is 0 Å². The fourth-order valence-corrected chi connectivity index (χ4v) is 4.96. The molecule has 5 rings (SSSR count). The summed E-state index contributed by atoms with van der Waals surface area (Å²) in [5.74, 6) is -0.656. The van der Waals surface area contributed by atoms with Crippen molar-refractivity contribution < 1.29 is 14.3 Å². The van der Waals surface area contributed by atoms with Crippen molar-refractivity contribution in [3.05, 3.63) is 52.5 Å². The molecular weight excluding hydrogens is 428 g/mol. The van der Waals surface area contributed by atoms with Crippen LogP contribution in [-0.2, 0) is 4.79 Å². The molecule has 1 atom stereocenters. The fourth-order valence-electron chi connectivity index (χ4n) is 4.67. The van der Waals surface area contributed by atoms with Crippen LogP contribution in [0.2, 0.25) is 10.0 Å². The van der Waals surface area contributed by atoms with Gasteiger partial charge in [-0.25, -0.2) is 14.4 Å². The predicted octanol–water partition coefficient (Wildman–Crippen LogP) is 5.58. The maximum Gasteiger partial charge on any atom is 0.311 e. The van der Waals surface area contributed by atoms with Crippen molar-refractivity contribution in [3.63, 3.8) is 0 Å². The number of rotatable bonds is 4. The summed E-state index contributed by atoms with van der Waals surface area (Å²) in [6.07, 6.45) is 4.29. The summed E-state index contributed by atoms with van der Waals surface area (Å²) in [4.78, 5) is 22.7. The Morgan fingerprint density at radius 3 is 2.67 bits per heavy atom. The summed E-state index contributed by atoms with van der Waals surface area (Å²) >= 11 is 12.3. The van der Waals surface area contributed by atoms with Gasteiger partial charge in [0.25, 0.3) is 0 Å². The summed E-state index contributed by atoms with van der Waals surface area (Å²) in [5.41, 5.74) is 0.950. The topological polar surface area (TPSA) is 66.3 Å². The highest BCUT2D eigenvalue weighted by molar-refractivity contribution is 6.42. The maximum absolute atomic E-state index is 14.7. The molecule has 0 amide bonds. The number of aliphatic carboxylic acids is 1. The first kappa shape index (κ1) is 19.5. The van der Waals surface area contributed by atoms with Gasteiger partial charge < -0.3 is 10.0 Å². The minimum absolute atomic E-state index is 0.168. The molecule has 0 radical (unpaired) electrons. The minimum atomic E-state index is -0.770. The Hall–Kier alpha value is -2.44. The first-order chi connectivity index (χ1) is 14.4. The normalized spacial score (nSPS) is 20.0. The summed E-state index contributed by atoms with van der Waals surface area (Å²) in [5, 5.41) is 11.2. The lowest BCUT2D eigenvalue weighted by Gasteiger charge is -2.31. The van der Waals surface area contributed by atoms with Gasteiger partial charge in [-0.15, -0.1) is 0 Å². The van der Waals surface area contributed by atoms with Crippen LogP contribution in [0.1, 0.15) is 25.7 Å². The van der Waals surface area contributed by atoms with Crippen LogP contribution < -0.4 is 4.90 Å². The average molecular weight is 446 g/mol. The van der Waals surface area contributed by atoms with E-state index in [4.69, 9.17) is 23.2 Å². The third-order valence-electron chi connectivity index (χ3n) is 6.33. The number of hydrogen-bond acceptors (Lipinski definition) is 4. The standard InChI is InChI=1S/C22H18Cl2FN3O2/c23-14-5-3-12(10-15(14)24)13-4-6-16(25)19-18(13)20(27-11-26-19)28-9-1-2-17(28)22(7-8-22)21(29)30/h3-6,10-11,17H,1-2,7-9H2,(H,29,30)/t17-/m0/s1. The lowest BCUT2D eigenvalue weighted by molar-refractivity contribution is -0.144. The molecule has 8 heteroatoms. The van der Waals surface area contributed by atoms with Crippen LogP contribution in [0.3, 0.4) is 0 Å². The molecule has 3 aromatic rings. The van der Waals surface area contributed by atoms with Crippen molar-refractivity contribution in [1.82, 2.24) is 9.97 Å². The second-order valence-electron chi connectivity index (χ2n) is 7.96. The number of aromatic nitrogens is 2. The molecule has 1 aliphatic heterocycles. The Balaban J connectivity index is 1.72. The van der Waals surface area contributed by atoms with E-state index in [1.54, 1.807) is 18.2 Å². The molecule has 30 heavy (non-hydrogen) atoms. The van der Waals surface area contributed by atoms with Gasteiger partial charge >= 0.3 is 5.97 Å². The molecule has 5 nitrogen and oxygen atoms in total. The molecule has 2 heterocycles. The Morgan fingerprint density at radius 2 is 1.97 bits per heavy atom. The van der Waals surface area contributed by atoms with Crippen LogP contribution >= 0.6 is 23.2 Å². The Kier molecular flexibility index (Phi) is 4.60. The van der Waals surface area contributed by atoms with Crippen LogP contribution in [-0.4, -0.2) is 33.6 Å². The van der Waals surface area contributed by atoms with E-state index in [0.717, 1.165) is 24.0 Å². The van der Waals surface area contributed by atoms with Crippen LogP contribution in [0, 0.1) is 11.2 Å². The molecule has 2 aromatic carbocycles. The highest BCUT2D eigenvalue weighted by Crippen LogP contribution is 2.54. The molecule has 1 N–H and O–H groups in total. The average Bonchev–Trinajstić information content (AvgIpc) is 3.41. The smallest absolute Gasteiger partial charge is 0.311 e. The van der Waals surface area contributed by atoms with Gasteiger partial charge in [0, 0.05) is 12.6 Å². The summed E-state index contributed by atoms with van der Waals surface area (Å²) in [7, 11) is 0. The number of halogens is 3. The van der Waals surface area contributed by atoms with Crippen molar-refractivity contribution in [2.45, 2.75) is 31.7 Å². The second kappa shape index (κ2) is 7.06. The number of nitrogens with zero attached hydrogens (tertiary/aromatic N) is 3. The van der Waals surface area contributed by atoms with Crippen LogP contribution in [0.15, 0.2) is 36.7 Å². The monoisotopic (exact) mass is 445 g/mol. The number of carboxylic acid groups (broad SMARTS) is 1. The summed E-state index contributed by atoms with van der Waals surface area (Å²) in [6.45, 7) is 0.670. The van der Waals surface area contributed by atoms with E-state index in [1.807, 2.05) is 11.0 Å². The molecule has 1 aromatic heterocycles. The van der Waals surface area contributed by atoms with Gasteiger partial charge in [-0.05, 0) is 55.0 Å². The largest absolute Gasteiger partial charge is 0.481 e. The Bertz CT molecular complexity index is 1180. The van der Waals surface area contributed by atoms with Gasteiger partial charge in [0.05, 0.1) is 20.8 Å². The lowest BCUT2D eigenvalue weighted by Crippen LogP contribution is -2.41. The van der Waals surface area contributed by atoms with Crippen LogP contribution in [0.4, 0.5) is 10.2 Å². The minimum Gasteiger partial charge on any atom is -0.481 e. The van der Waals surface area contributed by atoms with Gasteiger partial charge in [0.1, 0.15) is 23.5 Å². The first-order valence-corrected chi connectivity index (χ1v) is 10.6. The zero-order chi connectivity index (χ0) is 21.0. The van der Waals surface area contributed by atoms with Gasteiger partial charge in [-0.1, -0.05) is 35.3 Å². The first-order valence-electron chi connectivity index (χ1n) is 9.81. The Morgan fingerprint density at radius 1 is 1.17 bits per heavy atom. The van der Waals surface area contributed by atoms with Gasteiger partial charge in [0.15, 0.2) is 0 Å².